The number of nitrogens with zero attached hydrogens (tertiary/aromatic N) is 2. The fraction of sp³-hybridized carbons (Fsp3) is 0.429. The van der Waals surface area contributed by atoms with E-state index in [-0.39, 0.29) is 17.9 Å². The molecule has 0 aromatic rings. The average molecular weight is 167 g/mol. The molecule has 0 spiro atoms. The third-order valence-electron chi connectivity index (χ3n) is 1.10. The van der Waals surface area contributed by atoms with Gasteiger partial charge in [0.25, 0.3) is 5.91 Å². The normalized spacial score (nSPS) is 10.2. The molecule has 0 aromatic carbocycles. The summed E-state index contributed by atoms with van der Waals surface area (Å²) in [7, 11) is 0. The molecule has 5 heteroatoms. The highest BCUT2D eigenvalue weighted by atomic mass is 16.2. The standard InChI is InChI=1S/C7H9N3O2/c1-5(6(2)11)9-10-7(12)3-4-8/h3H2,1-2H3,(H,10,12)/b9-5-. The van der Waals surface area contributed by atoms with E-state index in [9.17, 15) is 9.59 Å². The third-order valence-corrected chi connectivity index (χ3v) is 1.10. The van der Waals surface area contributed by atoms with Crippen molar-refractivity contribution in [3.05, 3.63) is 0 Å². The van der Waals surface area contributed by atoms with E-state index in [1.165, 1.54) is 13.8 Å². The number of hydrazone groups is 1. The fourth-order valence-electron chi connectivity index (χ4n) is 0.336. The molecule has 0 heterocycles. The number of ketones is 1. The number of Topliss-reactive ketones (excluding diaryl/α,β-unsaturated/α-hetero) is 1. The highest BCUT2D eigenvalue weighted by Crippen LogP contribution is 1.79. The van der Waals surface area contributed by atoms with E-state index >= 15 is 0 Å². The molecule has 0 radical (unpaired) electrons. The Morgan fingerprint density at radius 1 is 1.50 bits per heavy atom. The van der Waals surface area contributed by atoms with Crippen molar-refractivity contribution in [2.45, 2.75) is 20.3 Å². The average Bonchev–Trinajstić information content (AvgIpc) is 2.00. The molecule has 64 valence electrons. The number of hydrogen-bond donors (Lipinski definition) is 1. The third kappa shape index (κ3) is 4.17. The Morgan fingerprint density at radius 3 is 2.50 bits per heavy atom. The van der Waals surface area contributed by atoms with Crippen LogP contribution in [0, 0.1) is 11.3 Å². The van der Waals surface area contributed by atoms with Crippen molar-refractivity contribution in [3.8, 4) is 6.07 Å². The number of nitrogens with one attached hydrogen (secondary N) is 1. The molecule has 0 saturated carbocycles. The molecule has 1 amide bonds. The van der Waals surface area contributed by atoms with E-state index < -0.39 is 5.91 Å². The van der Waals surface area contributed by atoms with Gasteiger partial charge >= 0.3 is 0 Å². The lowest BCUT2D eigenvalue weighted by molar-refractivity contribution is -0.120. The van der Waals surface area contributed by atoms with E-state index in [1.54, 1.807) is 6.07 Å². The molecule has 0 aliphatic rings. The number of carbonyl (C=O) groups excluding carboxylic acids is 2. The minimum atomic E-state index is -0.516. The summed E-state index contributed by atoms with van der Waals surface area (Å²) >= 11 is 0. The number of nitriles is 1. The first kappa shape index (κ1) is 10.3. The molecule has 0 aromatic heterocycles. The Kier molecular flexibility index (Phi) is 4.31. The van der Waals surface area contributed by atoms with Crippen molar-refractivity contribution in [1.29, 1.82) is 5.26 Å². The maximum atomic E-state index is 10.6. The molecule has 0 saturated heterocycles. The number of rotatable bonds is 3. The quantitative estimate of drug-likeness (QED) is 0.473. The van der Waals surface area contributed by atoms with Crippen LogP contribution < -0.4 is 5.43 Å². The first-order valence-electron chi connectivity index (χ1n) is 3.29. The summed E-state index contributed by atoms with van der Waals surface area (Å²) in [5.74, 6) is -0.731. The van der Waals surface area contributed by atoms with Crippen LogP contribution in [-0.4, -0.2) is 17.4 Å². The van der Waals surface area contributed by atoms with E-state index in [2.05, 4.69) is 10.5 Å². The van der Waals surface area contributed by atoms with Gasteiger partial charge in [0.1, 0.15) is 12.1 Å². The number of hydrogen-bond acceptors (Lipinski definition) is 4. The van der Waals surface area contributed by atoms with Gasteiger partial charge in [-0.05, 0) is 6.92 Å². The molecule has 0 rings (SSSR count). The maximum Gasteiger partial charge on any atom is 0.254 e. The SMILES string of the molecule is CC(=O)/C(C)=N\NC(=O)CC#N. The van der Waals surface area contributed by atoms with Crippen molar-refractivity contribution in [2.24, 2.45) is 5.10 Å². The molecule has 0 aliphatic carbocycles. The van der Waals surface area contributed by atoms with Crippen LogP contribution in [0.2, 0.25) is 0 Å². The smallest absolute Gasteiger partial charge is 0.254 e. The molecular formula is C7H9N3O2. The van der Waals surface area contributed by atoms with Gasteiger partial charge in [-0.1, -0.05) is 0 Å². The lowest BCUT2D eigenvalue weighted by atomic mass is 10.3. The summed E-state index contributed by atoms with van der Waals surface area (Å²) in [5.41, 5.74) is 2.28. The van der Waals surface area contributed by atoms with E-state index in [1.807, 2.05) is 0 Å². The molecule has 0 atom stereocenters. The van der Waals surface area contributed by atoms with Crippen LogP contribution in [0.4, 0.5) is 0 Å². The Labute approximate surface area is 70.1 Å². The highest BCUT2D eigenvalue weighted by molar-refractivity contribution is 6.38. The number of carbonyl (C=O) groups is 2. The summed E-state index contributed by atoms with van der Waals surface area (Å²) < 4.78 is 0. The Hall–Kier alpha value is -1.70. The summed E-state index contributed by atoms with van der Waals surface area (Å²) in [6, 6.07) is 1.65. The highest BCUT2D eigenvalue weighted by Gasteiger charge is 2.00. The van der Waals surface area contributed by atoms with E-state index in [0.717, 1.165) is 0 Å². The van der Waals surface area contributed by atoms with Crippen molar-refractivity contribution in [2.75, 3.05) is 0 Å². The second-order valence-electron chi connectivity index (χ2n) is 2.12. The molecule has 0 unspecified atom stereocenters. The molecule has 0 fully saturated rings. The topological polar surface area (TPSA) is 82.3 Å². The predicted molar refractivity (Wildman–Crippen MR) is 42.2 cm³/mol. The zero-order valence-electron chi connectivity index (χ0n) is 6.92. The van der Waals surface area contributed by atoms with Gasteiger partial charge in [0.15, 0.2) is 5.78 Å². The fourth-order valence-corrected chi connectivity index (χ4v) is 0.336. The van der Waals surface area contributed by atoms with Gasteiger partial charge in [-0.25, -0.2) is 5.43 Å². The lowest BCUT2D eigenvalue weighted by Gasteiger charge is -1.95. The van der Waals surface area contributed by atoms with Crippen LogP contribution in [0.25, 0.3) is 0 Å². The van der Waals surface area contributed by atoms with Crippen molar-refractivity contribution < 1.29 is 9.59 Å². The van der Waals surface area contributed by atoms with Crippen LogP contribution in [0.3, 0.4) is 0 Å². The Balaban J connectivity index is 3.98. The minimum Gasteiger partial charge on any atom is -0.293 e. The molecule has 5 nitrogen and oxygen atoms in total. The Morgan fingerprint density at radius 2 is 2.08 bits per heavy atom. The van der Waals surface area contributed by atoms with Crippen molar-refractivity contribution in [3.63, 3.8) is 0 Å². The molecule has 12 heavy (non-hydrogen) atoms. The molecular weight excluding hydrogens is 158 g/mol. The summed E-state index contributed by atoms with van der Waals surface area (Å²) in [6.07, 6.45) is -0.255. The van der Waals surface area contributed by atoms with Crippen molar-refractivity contribution in [1.82, 2.24) is 5.43 Å². The van der Waals surface area contributed by atoms with Crippen LogP contribution >= 0.6 is 0 Å². The van der Waals surface area contributed by atoms with Gasteiger partial charge in [-0.2, -0.15) is 10.4 Å². The van der Waals surface area contributed by atoms with Gasteiger partial charge in [-0.15, -0.1) is 0 Å². The number of amides is 1. The Bertz CT molecular complexity index is 262. The maximum absolute atomic E-state index is 10.6. The van der Waals surface area contributed by atoms with E-state index in [0.29, 0.717) is 0 Å². The van der Waals surface area contributed by atoms with Gasteiger partial charge in [0, 0.05) is 6.92 Å². The minimum absolute atomic E-state index is 0.210. The van der Waals surface area contributed by atoms with E-state index in [4.69, 9.17) is 5.26 Å². The first-order valence-corrected chi connectivity index (χ1v) is 3.29. The summed E-state index contributed by atoms with van der Waals surface area (Å²) in [5, 5.41) is 11.5. The van der Waals surface area contributed by atoms with Crippen LogP contribution in [0.1, 0.15) is 20.3 Å². The zero-order chi connectivity index (χ0) is 9.56. The van der Waals surface area contributed by atoms with Crippen LogP contribution in [0.5, 0.6) is 0 Å². The van der Waals surface area contributed by atoms with Gasteiger partial charge in [0.05, 0.1) is 6.07 Å². The first-order chi connectivity index (χ1) is 5.57. The monoisotopic (exact) mass is 167 g/mol. The molecule has 0 bridgehead atoms. The summed E-state index contributed by atoms with van der Waals surface area (Å²) in [6.45, 7) is 2.82. The second kappa shape index (κ2) is 5.02. The lowest BCUT2D eigenvalue weighted by Crippen LogP contribution is -2.20. The van der Waals surface area contributed by atoms with Gasteiger partial charge in [-0.3, -0.25) is 9.59 Å². The molecule has 1 N–H and O–H groups in total. The van der Waals surface area contributed by atoms with Crippen molar-refractivity contribution >= 4 is 17.4 Å². The summed E-state index contributed by atoms with van der Waals surface area (Å²) in [4.78, 5) is 21.2. The van der Waals surface area contributed by atoms with Crippen LogP contribution in [0.15, 0.2) is 5.10 Å². The largest absolute Gasteiger partial charge is 0.293 e. The zero-order valence-corrected chi connectivity index (χ0v) is 6.92. The van der Waals surface area contributed by atoms with Crippen LogP contribution in [-0.2, 0) is 9.59 Å². The second-order valence-corrected chi connectivity index (χ2v) is 2.12. The van der Waals surface area contributed by atoms with Gasteiger partial charge in [0.2, 0.25) is 0 Å². The predicted octanol–water partition coefficient (Wildman–Crippen LogP) is -0.0188. The van der Waals surface area contributed by atoms with Gasteiger partial charge < -0.3 is 0 Å². The molecule has 0 aliphatic heterocycles.